The van der Waals surface area contributed by atoms with Crippen LogP contribution in [0.4, 0.5) is 10.1 Å². The molecule has 0 bridgehead atoms. The van der Waals surface area contributed by atoms with Crippen molar-refractivity contribution in [3.05, 3.63) is 29.6 Å². The topological polar surface area (TPSA) is 49.8 Å². The number of carboxylic acids is 1. The van der Waals surface area contributed by atoms with E-state index in [9.17, 15) is 9.18 Å². The molecule has 98 valence electrons. The molecule has 1 aromatic rings. The number of hydrogen-bond acceptors (Lipinski definition) is 3. The molecule has 1 aromatic carbocycles. The summed E-state index contributed by atoms with van der Waals surface area (Å²) in [5, 5.41) is 9.17. The zero-order valence-corrected chi connectivity index (χ0v) is 10.4. The first kappa shape index (κ1) is 12.8. The summed E-state index contributed by atoms with van der Waals surface area (Å²) < 4.78 is 19.4. The van der Waals surface area contributed by atoms with E-state index in [-0.39, 0.29) is 11.3 Å². The van der Waals surface area contributed by atoms with Gasteiger partial charge in [0.05, 0.1) is 30.0 Å². The van der Waals surface area contributed by atoms with E-state index in [0.29, 0.717) is 19.8 Å². The Morgan fingerprint density at radius 1 is 1.50 bits per heavy atom. The Bertz CT molecular complexity index is 473. The number of nitrogens with zero attached hydrogens (tertiary/aromatic N) is 1. The summed E-state index contributed by atoms with van der Waals surface area (Å²) in [5.74, 6) is -1.63. The van der Waals surface area contributed by atoms with E-state index in [1.165, 1.54) is 18.2 Å². The molecule has 0 saturated carbocycles. The molecular formula is C13H16FNO3. The predicted molar refractivity (Wildman–Crippen MR) is 65.6 cm³/mol. The van der Waals surface area contributed by atoms with Gasteiger partial charge in [0.1, 0.15) is 5.82 Å². The lowest BCUT2D eigenvalue weighted by atomic mass is 9.99. The van der Waals surface area contributed by atoms with Crippen molar-refractivity contribution < 1.29 is 19.0 Å². The monoisotopic (exact) mass is 253 g/mol. The van der Waals surface area contributed by atoms with Gasteiger partial charge in [-0.1, -0.05) is 6.07 Å². The number of morpholine rings is 1. The molecule has 1 N–H and O–H groups in total. The smallest absolute Gasteiger partial charge is 0.337 e. The van der Waals surface area contributed by atoms with E-state index >= 15 is 0 Å². The summed E-state index contributed by atoms with van der Waals surface area (Å²) in [7, 11) is 0. The van der Waals surface area contributed by atoms with E-state index < -0.39 is 17.3 Å². The van der Waals surface area contributed by atoms with Crippen molar-refractivity contribution in [2.24, 2.45) is 0 Å². The molecule has 2 rings (SSSR count). The van der Waals surface area contributed by atoms with Crippen molar-refractivity contribution in [1.29, 1.82) is 0 Å². The minimum atomic E-state index is -1.12. The third-order valence-corrected chi connectivity index (χ3v) is 3.13. The van der Waals surface area contributed by atoms with Gasteiger partial charge in [0.25, 0.3) is 0 Å². The molecule has 1 saturated heterocycles. The number of halogens is 1. The quantitative estimate of drug-likeness (QED) is 0.877. The van der Waals surface area contributed by atoms with Crippen molar-refractivity contribution >= 4 is 11.7 Å². The number of para-hydroxylation sites is 1. The molecule has 0 aliphatic carbocycles. The number of benzene rings is 1. The maximum Gasteiger partial charge on any atom is 0.337 e. The van der Waals surface area contributed by atoms with Gasteiger partial charge in [-0.2, -0.15) is 0 Å². The normalized spacial score (nSPS) is 18.7. The maximum absolute atomic E-state index is 14.0. The van der Waals surface area contributed by atoms with E-state index in [4.69, 9.17) is 9.84 Å². The second kappa shape index (κ2) is 4.57. The zero-order chi connectivity index (χ0) is 13.3. The van der Waals surface area contributed by atoms with Crippen LogP contribution < -0.4 is 4.90 Å². The molecule has 0 unspecified atom stereocenters. The van der Waals surface area contributed by atoms with Gasteiger partial charge in [-0.05, 0) is 26.0 Å². The van der Waals surface area contributed by atoms with Crippen LogP contribution in [0.25, 0.3) is 0 Å². The van der Waals surface area contributed by atoms with Gasteiger partial charge in [0.15, 0.2) is 0 Å². The lowest BCUT2D eigenvalue weighted by Crippen LogP contribution is -2.54. The first-order chi connectivity index (χ1) is 8.43. The number of aromatic carboxylic acids is 1. The van der Waals surface area contributed by atoms with Crippen LogP contribution in [-0.2, 0) is 4.74 Å². The molecule has 1 aliphatic rings. The fraction of sp³-hybridized carbons (Fsp3) is 0.462. The first-order valence-electron chi connectivity index (χ1n) is 5.81. The Morgan fingerprint density at radius 2 is 2.22 bits per heavy atom. The number of ether oxygens (including phenoxy) is 1. The Kier molecular flexibility index (Phi) is 3.26. The Labute approximate surface area is 105 Å². The summed E-state index contributed by atoms with van der Waals surface area (Å²) >= 11 is 0. The molecule has 0 atom stereocenters. The Morgan fingerprint density at radius 3 is 2.83 bits per heavy atom. The highest BCUT2D eigenvalue weighted by Gasteiger charge is 2.34. The second-order valence-corrected chi connectivity index (χ2v) is 4.96. The lowest BCUT2D eigenvalue weighted by molar-refractivity contribution is 0.0625. The van der Waals surface area contributed by atoms with Crippen LogP contribution in [0.2, 0.25) is 0 Å². The third kappa shape index (κ3) is 2.18. The minimum absolute atomic E-state index is 0.00928. The van der Waals surface area contributed by atoms with Crippen molar-refractivity contribution in [2.75, 3.05) is 24.7 Å². The summed E-state index contributed by atoms with van der Waals surface area (Å²) in [6.07, 6.45) is 0. The lowest BCUT2D eigenvalue weighted by Gasteiger charge is -2.44. The molecule has 18 heavy (non-hydrogen) atoms. The highest BCUT2D eigenvalue weighted by atomic mass is 19.1. The van der Waals surface area contributed by atoms with Crippen molar-refractivity contribution in [3.8, 4) is 0 Å². The van der Waals surface area contributed by atoms with Gasteiger partial charge in [-0.15, -0.1) is 0 Å². The zero-order valence-electron chi connectivity index (χ0n) is 10.4. The Balaban J connectivity index is 2.52. The highest BCUT2D eigenvalue weighted by molar-refractivity contribution is 5.94. The number of rotatable bonds is 2. The van der Waals surface area contributed by atoms with Gasteiger partial charge in [-0.3, -0.25) is 0 Å². The molecular weight excluding hydrogens is 237 g/mol. The third-order valence-electron chi connectivity index (χ3n) is 3.13. The minimum Gasteiger partial charge on any atom is -0.478 e. The first-order valence-corrected chi connectivity index (χ1v) is 5.81. The number of carboxylic acid groups (broad SMARTS) is 1. The van der Waals surface area contributed by atoms with Crippen LogP contribution in [0, 0.1) is 5.82 Å². The summed E-state index contributed by atoms with van der Waals surface area (Å²) in [5.41, 5.74) is -0.284. The van der Waals surface area contributed by atoms with Gasteiger partial charge in [-0.25, -0.2) is 9.18 Å². The predicted octanol–water partition coefficient (Wildman–Crippen LogP) is 2.14. The average molecular weight is 253 g/mol. The van der Waals surface area contributed by atoms with Gasteiger partial charge < -0.3 is 14.7 Å². The second-order valence-electron chi connectivity index (χ2n) is 4.96. The van der Waals surface area contributed by atoms with Crippen LogP contribution in [0.3, 0.4) is 0 Å². The summed E-state index contributed by atoms with van der Waals surface area (Å²) in [6, 6.07) is 4.12. The average Bonchev–Trinajstić information content (AvgIpc) is 2.29. The van der Waals surface area contributed by atoms with Gasteiger partial charge in [0.2, 0.25) is 0 Å². The van der Waals surface area contributed by atoms with Crippen LogP contribution >= 0.6 is 0 Å². The van der Waals surface area contributed by atoms with E-state index in [0.717, 1.165) is 0 Å². The molecule has 4 nitrogen and oxygen atoms in total. The van der Waals surface area contributed by atoms with Crippen LogP contribution in [0.5, 0.6) is 0 Å². The fourth-order valence-electron chi connectivity index (χ4n) is 2.24. The standard InChI is InChI=1S/C13H16FNO3/c1-13(2)8-18-7-6-15(13)11-9(12(16)17)4-3-5-10(11)14/h3-5H,6-8H2,1-2H3,(H,16,17). The van der Waals surface area contributed by atoms with Crippen LogP contribution in [-0.4, -0.2) is 36.4 Å². The molecule has 0 aromatic heterocycles. The fourth-order valence-corrected chi connectivity index (χ4v) is 2.24. The highest BCUT2D eigenvalue weighted by Crippen LogP contribution is 2.32. The number of carbonyl (C=O) groups is 1. The summed E-state index contributed by atoms with van der Waals surface area (Å²) in [4.78, 5) is 13.0. The van der Waals surface area contributed by atoms with Crippen molar-refractivity contribution in [2.45, 2.75) is 19.4 Å². The van der Waals surface area contributed by atoms with E-state index in [2.05, 4.69) is 0 Å². The maximum atomic E-state index is 14.0. The van der Waals surface area contributed by atoms with E-state index in [1.807, 2.05) is 13.8 Å². The Hall–Kier alpha value is -1.62. The molecule has 0 amide bonds. The largest absolute Gasteiger partial charge is 0.478 e. The molecule has 0 spiro atoms. The molecule has 1 heterocycles. The van der Waals surface area contributed by atoms with Gasteiger partial charge in [0, 0.05) is 6.54 Å². The SMILES string of the molecule is CC1(C)COCCN1c1c(F)cccc1C(=O)O. The molecule has 0 radical (unpaired) electrons. The molecule has 5 heteroatoms. The number of hydrogen-bond donors (Lipinski definition) is 1. The number of anilines is 1. The van der Waals surface area contributed by atoms with E-state index in [1.54, 1.807) is 4.90 Å². The molecule has 1 fully saturated rings. The van der Waals surface area contributed by atoms with Gasteiger partial charge >= 0.3 is 5.97 Å². The molecule has 1 aliphatic heterocycles. The van der Waals surface area contributed by atoms with Crippen molar-refractivity contribution in [1.82, 2.24) is 0 Å². The van der Waals surface area contributed by atoms with Crippen LogP contribution in [0.1, 0.15) is 24.2 Å². The van der Waals surface area contributed by atoms with Crippen LogP contribution in [0.15, 0.2) is 18.2 Å². The summed E-state index contributed by atoms with van der Waals surface area (Å²) in [6.45, 7) is 5.21. The van der Waals surface area contributed by atoms with Crippen molar-refractivity contribution in [3.63, 3.8) is 0 Å².